The quantitative estimate of drug-likeness (QED) is 0.526. The van der Waals surface area contributed by atoms with Crippen molar-refractivity contribution in [3.05, 3.63) is 41.5 Å². The maximum Gasteiger partial charge on any atom is 0.254 e. The van der Waals surface area contributed by atoms with Crippen molar-refractivity contribution in [3.63, 3.8) is 0 Å². The van der Waals surface area contributed by atoms with Crippen molar-refractivity contribution in [2.24, 2.45) is 0 Å². The van der Waals surface area contributed by atoms with Crippen LogP contribution in [-0.2, 0) is 0 Å². The molecule has 28 heavy (non-hydrogen) atoms. The smallest absolute Gasteiger partial charge is 0.254 e. The first kappa shape index (κ1) is 18.6. The van der Waals surface area contributed by atoms with Crippen molar-refractivity contribution in [1.82, 2.24) is 15.3 Å². The minimum absolute atomic E-state index is 0.0686. The topological polar surface area (TPSA) is 99.2 Å². The highest BCUT2D eigenvalue weighted by Gasteiger charge is 2.24. The number of pyridine rings is 1. The average molecular weight is 398 g/mol. The number of rotatable bonds is 5. The molecule has 146 valence electrons. The number of aromatic nitrogens is 2. The van der Waals surface area contributed by atoms with Gasteiger partial charge in [-0.15, -0.1) is 11.3 Å². The number of benzene rings is 1. The summed E-state index contributed by atoms with van der Waals surface area (Å²) in [4.78, 5) is 21.0. The van der Waals surface area contributed by atoms with Crippen molar-refractivity contribution >= 4 is 44.7 Å². The zero-order valence-corrected chi connectivity index (χ0v) is 16.4. The first-order chi connectivity index (χ1) is 13.6. The maximum absolute atomic E-state index is 12.3. The van der Waals surface area contributed by atoms with Gasteiger partial charge in [-0.2, -0.15) is 0 Å². The number of nitrogens with zero attached hydrogens (tertiary/aromatic N) is 2. The van der Waals surface area contributed by atoms with Crippen molar-refractivity contribution in [2.45, 2.75) is 37.8 Å². The van der Waals surface area contributed by atoms with E-state index in [1.54, 1.807) is 24.6 Å². The molecule has 0 spiro atoms. The number of fused-ring (bicyclic) bond motifs is 1. The van der Waals surface area contributed by atoms with Crippen LogP contribution in [0.15, 0.2) is 36.0 Å². The van der Waals surface area contributed by atoms with E-state index in [1.807, 2.05) is 29.8 Å². The molecule has 1 amide bonds. The van der Waals surface area contributed by atoms with Gasteiger partial charge in [0.2, 0.25) is 0 Å². The summed E-state index contributed by atoms with van der Waals surface area (Å²) in [7, 11) is 1.60. The van der Waals surface area contributed by atoms with Gasteiger partial charge in [0.1, 0.15) is 5.82 Å². The molecule has 3 aromatic rings. The molecule has 7 nitrogen and oxygen atoms in total. The predicted octanol–water partition coefficient (Wildman–Crippen LogP) is 3.51. The van der Waals surface area contributed by atoms with Crippen LogP contribution in [0.3, 0.4) is 0 Å². The van der Waals surface area contributed by atoms with Crippen LogP contribution in [0.2, 0.25) is 0 Å². The van der Waals surface area contributed by atoms with E-state index < -0.39 is 6.10 Å². The molecule has 1 aliphatic rings. The highest BCUT2D eigenvalue weighted by Crippen LogP contribution is 2.28. The lowest BCUT2D eigenvalue weighted by Crippen LogP contribution is -2.37. The van der Waals surface area contributed by atoms with Crippen molar-refractivity contribution < 1.29 is 9.90 Å². The third-order valence-electron chi connectivity index (χ3n) is 5.05. The van der Waals surface area contributed by atoms with E-state index in [4.69, 9.17) is 0 Å². The van der Waals surface area contributed by atoms with Gasteiger partial charge in [0.25, 0.3) is 5.91 Å². The van der Waals surface area contributed by atoms with Crippen molar-refractivity contribution in [1.29, 1.82) is 0 Å². The first-order valence-electron chi connectivity index (χ1n) is 9.41. The van der Waals surface area contributed by atoms with Crippen LogP contribution in [0.1, 0.15) is 36.0 Å². The minimum atomic E-state index is -0.412. The Kier molecular flexibility index (Phi) is 5.40. The molecular weight excluding hydrogens is 374 g/mol. The fourth-order valence-corrected chi connectivity index (χ4v) is 4.24. The number of aliphatic hydroxyl groups is 1. The number of hydrogen-bond acceptors (Lipinski definition) is 7. The van der Waals surface area contributed by atoms with Gasteiger partial charge in [-0.1, -0.05) is 12.8 Å². The summed E-state index contributed by atoms with van der Waals surface area (Å²) in [6, 6.07) is 7.70. The van der Waals surface area contributed by atoms with Gasteiger partial charge >= 0.3 is 0 Å². The van der Waals surface area contributed by atoms with E-state index in [-0.39, 0.29) is 11.9 Å². The highest BCUT2D eigenvalue weighted by atomic mass is 32.1. The Labute approximate surface area is 167 Å². The van der Waals surface area contributed by atoms with E-state index in [0.717, 1.165) is 41.6 Å². The summed E-state index contributed by atoms with van der Waals surface area (Å²) in [5, 5.41) is 19.6. The summed E-state index contributed by atoms with van der Waals surface area (Å²) in [5.41, 5.74) is 4.82. The van der Waals surface area contributed by atoms with Gasteiger partial charge in [-0.3, -0.25) is 4.79 Å². The standard InChI is InChI=1S/C20H23N5O2S/c1-21-20(27)13-10-22-19(9-16(13)25-14-4-2-3-5-17(14)26)24-12-6-7-15-18(8-12)28-11-23-15/h6-11,14,17,26H,2-5H2,1H3,(H,21,27)(H2,22,24,25)/t14-,17-/m0/s1. The third kappa shape index (κ3) is 3.93. The average Bonchev–Trinajstić information content (AvgIpc) is 3.17. The third-order valence-corrected chi connectivity index (χ3v) is 5.84. The molecule has 0 saturated heterocycles. The van der Waals surface area contributed by atoms with E-state index >= 15 is 0 Å². The van der Waals surface area contributed by atoms with Crippen LogP contribution in [0.5, 0.6) is 0 Å². The number of carbonyl (C=O) groups excluding carboxylic acids is 1. The first-order valence-corrected chi connectivity index (χ1v) is 10.3. The zero-order valence-electron chi connectivity index (χ0n) is 15.6. The lowest BCUT2D eigenvalue weighted by molar-refractivity contribution is 0.0962. The number of thiazole rings is 1. The van der Waals surface area contributed by atoms with Gasteiger partial charge in [0, 0.05) is 25.0 Å². The van der Waals surface area contributed by atoms with Gasteiger partial charge < -0.3 is 21.1 Å². The molecule has 2 heterocycles. The van der Waals surface area contributed by atoms with Gasteiger partial charge in [-0.25, -0.2) is 9.97 Å². The van der Waals surface area contributed by atoms with Crippen LogP contribution in [0.25, 0.3) is 10.2 Å². The predicted molar refractivity (Wildman–Crippen MR) is 112 cm³/mol. The van der Waals surface area contributed by atoms with E-state index in [0.29, 0.717) is 17.1 Å². The summed E-state index contributed by atoms with van der Waals surface area (Å²) in [5.74, 6) is 0.419. The number of aliphatic hydroxyl groups excluding tert-OH is 1. The van der Waals surface area contributed by atoms with Crippen LogP contribution >= 0.6 is 11.3 Å². The normalized spacial score (nSPS) is 19.4. The minimum Gasteiger partial charge on any atom is -0.391 e. The molecule has 2 aromatic heterocycles. The van der Waals surface area contributed by atoms with E-state index in [2.05, 4.69) is 25.9 Å². The summed E-state index contributed by atoms with van der Waals surface area (Å²) < 4.78 is 1.09. The molecule has 4 rings (SSSR count). The Bertz CT molecular complexity index is 990. The number of amides is 1. The lowest BCUT2D eigenvalue weighted by Gasteiger charge is -2.30. The fraction of sp³-hybridized carbons (Fsp3) is 0.350. The van der Waals surface area contributed by atoms with E-state index in [9.17, 15) is 9.90 Å². The van der Waals surface area contributed by atoms with Crippen LogP contribution in [0, 0.1) is 0 Å². The van der Waals surface area contributed by atoms with Crippen LogP contribution in [-0.4, -0.2) is 40.2 Å². The molecule has 1 saturated carbocycles. The molecule has 2 atom stereocenters. The summed E-state index contributed by atoms with van der Waals surface area (Å²) in [6.07, 6.45) is 4.90. The summed E-state index contributed by atoms with van der Waals surface area (Å²) >= 11 is 1.58. The molecule has 4 N–H and O–H groups in total. The lowest BCUT2D eigenvalue weighted by atomic mass is 9.92. The van der Waals surface area contributed by atoms with Gasteiger partial charge in [-0.05, 0) is 31.0 Å². The zero-order chi connectivity index (χ0) is 19.5. The van der Waals surface area contributed by atoms with Crippen molar-refractivity contribution in [3.8, 4) is 0 Å². The Morgan fingerprint density at radius 3 is 2.89 bits per heavy atom. The monoisotopic (exact) mass is 397 g/mol. The highest BCUT2D eigenvalue weighted by molar-refractivity contribution is 7.16. The number of hydrogen-bond donors (Lipinski definition) is 4. The molecule has 0 bridgehead atoms. The van der Waals surface area contributed by atoms with Gasteiger partial charge in [0.15, 0.2) is 0 Å². The molecule has 0 aliphatic heterocycles. The summed E-state index contributed by atoms with van der Waals surface area (Å²) in [6.45, 7) is 0. The second-order valence-electron chi connectivity index (χ2n) is 6.96. The second-order valence-corrected chi connectivity index (χ2v) is 7.84. The Hall–Kier alpha value is -2.71. The van der Waals surface area contributed by atoms with Crippen LogP contribution in [0.4, 0.5) is 17.2 Å². The maximum atomic E-state index is 12.3. The molecule has 1 fully saturated rings. The number of carbonyl (C=O) groups is 1. The van der Waals surface area contributed by atoms with Crippen LogP contribution < -0.4 is 16.0 Å². The molecule has 1 aliphatic carbocycles. The molecular formula is C20H23N5O2S. The Morgan fingerprint density at radius 2 is 2.07 bits per heavy atom. The largest absolute Gasteiger partial charge is 0.391 e. The fourth-order valence-electron chi connectivity index (χ4n) is 3.52. The molecule has 1 aromatic carbocycles. The Morgan fingerprint density at radius 1 is 1.21 bits per heavy atom. The Balaban J connectivity index is 1.61. The SMILES string of the molecule is CNC(=O)c1cnc(Nc2ccc3ncsc3c2)cc1N[C@H]1CCCC[C@@H]1O. The molecule has 0 radical (unpaired) electrons. The molecule has 8 heteroatoms. The van der Waals surface area contributed by atoms with E-state index in [1.165, 1.54) is 0 Å². The molecule has 0 unspecified atom stereocenters. The van der Waals surface area contributed by atoms with Gasteiger partial charge in [0.05, 0.1) is 39.1 Å². The second kappa shape index (κ2) is 8.12. The number of anilines is 3. The number of nitrogens with one attached hydrogen (secondary N) is 3. The van der Waals surface area contributed by atoms with Crippen molar-refractivity contribution in [2.75, 3.05) is 17.7 Å².